The number of methoxy groups -OCH3 is 1. The van der Waals surface area contributed by atoms with E-state index in [-0.39, 0.29) is 12.0 Å². The molecule has 0 aromatic heterocycles. The van der Waals surface area contributed by atoms with Crippen LogP contribution in [0.1, 0.15) is 18.4 Å². The minimum Gasteiger partial charge on any atom is -0.380 e. The molecule has 3 nitrogen and oxygen atoms in total. The third-order valence-electron chi connectivity index (χ3n) is 2.54. The van der Waals surface area contributed by atoms with Gasteiger partial charge in [0.1, 0.15) is 0 Å². The molecule has 1 aromatic rings. The second-order valence-corrected chi connectivity index (χ2v) is 3.80. The molecule has 0 aliphatic carbocycles. The van der Waals surface area contributed by atoms with Gasteiger partial charge in [-0.2, -0.15) is 5.26 Å². The number of nitrogens with zero attached hydrogens (tertiary/aromatic N) is 1. The van der Waals surface area contributed by atoms with E-state index < -0.39 is 0 Å². The Labute approximate surface area is 97.0 Å². The van der Waals surface area contributed by atoms with Gasteiger partial charge in [-0.05, 0) is 12.5 Å². The minimum absolute atomic E-state index is 0.0924. The Morgan fingerprint density at radius 1 is 1.31 bits per heavy atom. The van der Waals surface area contributed by atoms with Crippen LogP contribution in [-0.4, -0.2) is 26.3 Å². The smallest absolute Gasteiger partial charge is 0.0837 e. The standard InChI is InChI=1S/C13H18N2O/c1-11(16-2)9-15-10-13(8-14)12-6-4-3-5-7-12/h3-7,11,13,15H,9-10H2,1-2H3. The molecule has 0 saturated carbocycles. The van der Waals surface area contributed by atoms with Crippen LogP contribution in [0, 0.1) is 11.3 Å². The highest BCUT2D eigenvalue weighted by molar-refractivity contribution is 5.24. The van der Waals surface area contributed by atoms with E-state index in [1.54, 1.807) is 7.11 Å². The zero-order valence-corrected chi connectivity index (χ0v) is 9.81. The first-order valence-electron chi connectivity index (χ1n) is 5.46. The van der Waals surface area contributed by atoms with Crippen LogP contribution in [0.25, 0.3) is 0 Å². The van der Waals surface area contributed by atoms with Gasteiger partial charge < -0.3 is 10.1 Å². The van der Waals surface area contributed by atoms with Gasteiger partial charge in [0.25, 0.3) is 0 Å². The third kappa shape index (κ3) is 4.01. The predicted octanol–water partition coefficient (Wildman–Crippen LogP) is 1.92. The van der Waals surface area contributed by atoms with Gasteiger partial charge in [-0.1, -0.05) is 30.3 Å². The number of nitrogens with one attached hydrogen (secondary N) is 1. The highest BCUT2D eigenvalue weighted by Crippen LogP contribution is 2.12. The first kappa shape index (κ1) is 12.7. The molecule has 86 valence electrons. The molecule has 0 amide bonds. The summed E-state index contributed by atoms with van der Waals surface area (Å²) in [6, 6.07) is 12.1. The van der Waals surface area contributed by atoms with Crippen molar-refractivity contribution in [2.24, 2.45) is 0 Å². The molecule has 0 bridgehead atoms. The van der Waals surface area contributed by atoms with Crippen molar-refractivity contribution in [3.63, 3.8) is 0 Å². The molecule has 2 unspecified atom stereocenters. The summed E-state index contributed by atoms with van der Waals surface area (Å²) in [5.41, 5.74) is 1.06. The topological polar surface area (TPSA) is 45.0 Å². The van der Waals surface area contributed by atoms with Crippen molar-refractivity contribution in [2.45, 2.75) is 18.9 Å². The fourth-order valence-corrected chi connectivity index (χ4v) is 1.44. The van der Waals surface area contributed by atoms with Gasteiger partial charge in [0.2, 0.25) is 0 Å². The van der Waals surface area contributed by atoms with E-state index in [2.05, 4.69) is 11.4 Å². The average Bonchev–Trinajstić information content (AvgIpc) is 2.35. The van der Waals surface area contributed by atoms with Crippen LogP contribution in [-0.2, 0) is 4.74 Å². The lowest BCUT2D eigenvalue weighted by Crippen LogP contribution is -2.29. The Morgan fingerprint density at radius 3 is 2.56 bits per heavy atom. The summed E-state index contributed by atoms with van der Waals surface area (Å²) in [5, 5.41) is 12.3. The lowest BCUT2D eigenvalue weighted by Gasteiger charge is -2.13. The molecular formula is C13H18N2O. The zero-order chi connectivity index (χ0) is 11.8. The molecule has 3 heteroatoms. The van der Waals surface area contributed by atoms with Crippen molar-refractivity contribution in [2.75, 3.05) is 20.2 Å². The highest BCUT2D eigenvalue weighted by Gasteiger charge is 2.09. The van der Waals surface area contributed by atoms with Gasteiger partial charge in [-0.3, -0.25) is 0 Å². The van der Waals surface area contributed by atoms with E-state index in [1.807, 2.05) is 37.3 Å². The summed E-state index contributed by atoms with van der Waals surface area (Å²) < 4.78 is 5.13. The normalized spacial score (nSPS) is 14.1. The van der Waals surface area contributed by atoms with Crippen LogP contribution >= 0.6 is 0 Å². The first-order chi connectivity index (χ1) is 7.77. The number of benzene rings is 1. The van der Waals surface area contributed by atoms with Gasteiger partial charge in [0.05, 0.1) is 18.1 Å². The maximum absolute atomic E-state index is 9.08. The number of nitriles is 1. The Morgan fingerprint density at radius 2 is 2.00 bits per heavy atom. The summed E-state index contributed by atoms with van der Waals surface area (Å²) in [5.74, 6) is -0.0924. The Bertz CT molecular complexity index is 332. The number of hydrogen-bond donors (Lipinski definition) is 1. The summed E-state index contributed by atoms with van der Waals surface area (Å²) in [6.07, 6.45) is 0.176. The van der Waals surface area contributed by atoms with Crippen molar-refractivity contribution < 1.29 is 4.74 Å². The SMILES string of the molecule is COC(C)CNCC(C#N)c1ccccc1. The summed E-state index contributed by atoms with van der Waals surface area (Å²) in [4.78, 5) is 0. The van der Waals surface area contributed by atoms with Crippen LogP contribution in [0.15, 0.2) is 30.3 Å². The quantitative estimate of drug-likeness (QED) is 0.793. The van der Waals surface area contributed by atoms with Crippen LogP contribution in [0.5, 0.6) is 0 Å². The fraction of sp³-hybridized carbons (Fsp3) is 0.462. The first-order valence-corrected chi connectivity index (χ1v) is 5.46. The lowest BCUT2D eigenvalue weighted by molar-refractivity contribution is 0.117. The van der Waals surface area contributed by atoms with E-state index >= 15 is 0 Å². The van der Waals surface area contributed by atoms with Crippen molar-refractivity contribution in [3.05, 3.63) is 35.9 Å². The second-order valence-electron chi connectivity index (χ2n) is 3.80. The number of rotatable bonds is 6. The largest absolute Gasteiger partial charge is 0.380 e. The molecule has 0 heterocycles. The molecule has 1 rings (SSSR count). The van der Waals surface area contributed by atoms with E-state index in [0.717, 1.165) is 12.1 Å². The fourth-order valence-electron chi connectivity index (χ4n) is 1.44. The van der Waals surface area contributed by atoms with E-state index in [1.165, 1.54) is 0 Å². The van der Waals surface area contributed by atoms with E-state index in [9.17, 15) is 0 Å². The van der Waals surface area contributed by atoms with Gasteiger partial charge in [-0.15, -0.1) is 0 Å². The van der Waals surface area contributed by atoms with Gasteiger partial charge >= 0.3 is 0 Å². The highest BCUT2D eigenvalue weighted by atomic mass is 16.5. The molecular weight excluding hydrogens is 200 g/mol. The van der Waals surface area contributed by atoms with Crippen molar-refractivity contribution in [1.29, 1.82) is 5.26 Å². The third-order valence-corrected chi connectivity index (χ3v) is 2.54. The Kier molecular flexibility index (Phi) is 5.55. The molecule has 0 saturated heterocycles. The number of ether oxygens (including phenoxy) is 1. The van der Waals surface area contributed by atoms with Crippen LogP contribution in [0.3, 0.4) is 0 Å². The van der Waals surface area contributed by atoms with Crippen LogP contribution in [0.4, 0.5) is 0 Å². The monoisotopic (exact) mass is 218 g/mol. The van der Waals surface area contributed by atoms with Gasteiger partial charge in [0, 0.05) is 20.2 Å². The second kappa shape index (κ2) is 7.00. The molecule has 0 spiro atoms. The van der Waals surface area contributed by atoms with Crippen LogP contribution < -0.4 is 5.32 Å². The van der Waals surface area contributed by atoms with E-state index in [4.69, 9.17) is 10.00 Å². The lowest BCUT2D eigenvalue weighted by atomic mass is 10.0. The Hall–Kier alpha value is -1.37. The number of hydrogen-bond acceptors (Lipinski definition) is 3. The summed E-state index contributed by atoms with van der Waals surface area (Å²) in [6.45, 7) is 3.42. The molecule has 0 fully saturated rings. The molecule has 0 aliphatic rings. The summed E-state index contributed by atoms with van der Waals surface area (Å²) >= 11 is 0. The van der Waals surface area contributed by atoms with Crippen molar-refractivity contribution in [3.8, 4) is 6.07 Å². The van der Waals surface area contributed by atoms with Crippen molar-refractivity contribution >= 4 is 0 Å². The minimum atomic E-state index is -0.0924. The van der Waals surface area contributed by atoms with Crippen molar-refractivity contribution in [1.82, 2.24) is 5.32 Å². The van der Waals surface area contributed by atoms with Gasteiger partial charge in [-0.25, -0.2) is 0 Å². The zero-order valence-electron chi connectivity index (χ0n) is 9.81. The molecule has 1 aromatic carbocycles. The van der Waals surface area contributed by atoms with E-state index in [0.29, 0.717) is 6.54 Å². The molecule has 0 radical (unpaired) electrons. The maximum Gasteiger partial charge on any atom is 0.0837 e. The molecule has 1 N–H and O–H groups in total. The van der Waals surface area contributed by atoms with Crippen LogP contribution in [0.2, 0.25) is 0 Å². The average molecular weight is 218 g/mol. The molecule has 2 atom stereocenters. The maximum atomic E-state index is 9.08. The van der Waals surface area contributed by atoms with Gasteiger partial charge in [0.15, 0.2) is 0 Å². The molecule has 16 heavy (non-hydrogen) atoms. The predicted molar refractivity (Wildman–Crippen MR) is 64.1 cm³/mol. The summed E-state index contributed by atoms with van der Waals surface area (Å²) in [7, 11) is 1.69. The Balaban J connectivity index is 2.42. The molecule has 0 aliphatic heterocycles.